The van der Waals surface area contributed by atoms with Crippen molar-refractivity contribution in [1.82, 2.24) is 0 Å². The largest absolute Gasteiger partial charge is 0.525 e. The molecule has 0 radical (unpaired) electrons. The summed E-state index contributed by atoms with van der Waals surface area (Å²) in [5.41, 5.74) is -1.60. The van der Waals surface area contributed by atoms with Gasteiger partial charge in [-0.3, -0.25) is 0 Å². The Kier molecular flexibility index (Phi) is 9.54. The minimum Gasteiger partial charge on any atom is -0.466 e. The molecule has 0 aliphatic heterocycles. The number of nitrogens with zero attached hydrogens (tertiary/aromatic N) is 1. The number of hydrogen-bond donors (Lipinski definition) is 0. The standard InChI is InChI=1S/C29H22F6NO7PS/c1-40-26(37)27(29(33,34)35,45(38,39)25-19-11-12-21(20-25)28(30,31)32)36-44(41-22-13-5-2-6-14-22,42-23-15-7-3-8-16-23)43-24-17-9-4-10-18-24/h2-20H,1H3. The van der Waals surface area contributed by atoms with Crippen LogP contribution in [0.15, 0.2) is 125 Å². The summed E-state index contributed by atoms with van der Waals surface area (Å²) in [4.78, 5) is 6.72. The summed E-state index contributed by atoms with van der Waals surface area (Å²) in [5, 5.41) is 0. The van der Waals surface area contributed by atoms with Crippen LogP contribution in [-0.4, -0.2) is 32.5 Å². The van der Waals surface area contributed by atoms with Crippen molar-refractivity contribution in [3.63, 3.8) is 0 Å². The van der Waals surface area contributed by atoms with Crippen LogP contribution in [0.1, 0.15) is 5.56 Å². The number of rotatable bonds is 10. The molecule has 0 saturated heterocycles. The summed E-state index contributed by atoms with van der Waals surface area (Å²) >= 11 is 0. The lowest BCUT2D eigenvalue weighted by molar-refractivity contribution is -0.185. The first-order valence-electron chi connectivity index (χ1n) is 12.6. The molecular formula is C29H22F6NO7PS. The summed E-state index contributed by atoms with van der Waals surface area (Å²) in [6.07, 6.45) is -11.3. The highest BCUT2D eigenvalue weighted by Crippen LogP contribution is 2.58. The van der Waals surface area contributed by atoms with E-state index in [1.165, 1.54) is 91.0 Å². The molecule has 0 fully saturated rings. The first-order chi connectivity index (χ1) is 21.1. The molecule has 0 saturated carbocycles. The Morgan fingerprint density at radius 3 is 1.44 bits per heavy atom. The van der Waals surface area contributed by atoms with Gasteiger partial charge in [0.05, 0.1) is 17.6 Å². The lowest BCUT2D eigenvalue weighted by Gasteiger charge is -2.33. The predicted octanol–water partition coefficient (Wildman–Crippen LogP) is 8.09. The third-order valence-electron chi connectivity index (χ3n) is 5.86. The molecule has 0 spiro atoms. The summed E-state index contributed by atoms with van der Waals surface area (Å²) in [5.74, 6) is -3.18. The molecule has 45 heavy (non-hydrogen) atoms. The average Bonchev–Trinajstić information content (AvgIpc) is 3.00. The van der Waals surface area contributed by atoms with E-state index < -0.39 is 51.2 Å². The van der Waals surface area contributed by atoms with Crippen LogP contribution >= 0.6 is 7.74 Å². The second kappa shape index (κ2) is 12.9. The van der Waals surface area contributed by atoms with Crippen LogP contribution in [-0.2, 0) is 25.5 Å². The zero-order valence-electron chi connectivity index (χ0n) is 22.9. The maximum Gasteiger partial charge on any atom is 0.525 e. The normalized spacial score (nSPS) is 13.7. The number of ether oxygens (including phenoxy) is 1. The van der Waals surface area contributed by atoms with Gasteiger partial charge in [0.1, 0.15) is 17.2 Å². The average molecular weight is 674 g/mol. The SMILES string of the molecule is COC(=O)C(N=P(Oc1ccccc1)(Oc1ccccc1)Oc1ccccc1)(C(F)(F)F)S(=O)(=O)c1cccc(C(F)(F)F)c1. The summed E-state index contributed by atoms with van der Waals surface area (Å²) in [6, 6.07) is 22.1. The van der Waals surface area contributed by atoms with Crippen LogP contribution in [0, 0.1) is 0 Å². The third-order valence-corrected chi connectivity index (χ3v) is 10.0. The Labute approximate surface area is 253 Å². The minimum atomic E-state index is -6.30. The molecular weight excluding hydrogens is 651 g/mol. The van der Waals surface area contributed by atoms with Gasteiger partial charge in [0.25, 0.3) is 0 Å². The molecule has 0 bridgehead atoms. The lowest BCUT2D eigenvalue weighted by atomic mass is 10.2. The number of carbonyl (C=O) groups excluding carboxylic acids is 1. The molecule has 4 aromatic rings. The van der Waals surface area contributed by atoms with E-state index in [-0.39, 0.29) is 23.3 Å². The third kappa shape index (κ3) is 7.10. The van der Waals surface area contributed by atoms with Crippen molar-refractivity contribution >= 4 is 23.5 Å². The van der Waals surface area contributed by atoms with Gasteiger partial charge in [-0.1, -0.05) is 60.7 Å². The maximum atomic E-state index is 15.3. The monoisotopic (exact) mass is 673 g/mol. The van der Waals surface area contributed by atoms with E-state index in [1.54, 1.807) is 0 Å². The second-order valence-electron chi connectivity index (χ2n) is 8.94. The fraction of sp³-hybridized carbons (Fsp3) is 0.138. The highest BCUT2D eigenvalue weighted by molar-refractivity contribution is 7.93. The second-order valence-corrected chi connectivity index (χ2v) is 12.7. The smallest absolute Gasteiger partial charge is 0.466 e. The van der Waals surface area contributed by atoms with E-state index in [4.69, 9.17) is 13.6 Å². The number of carbonyl (C=O) groups is 1. The van der Waals surface area contributed by atoms with Crippen LogP contribution in [0.4, 0.5) is 26.3 Å². The molecule has 1 unspecified atom stereocenters. The van der Waals surface area contributed by atoms with Crippen LogP contribution in [0.25, 0.3) is 0 Å². The van der Waals surface area contributed by atoms with E-state index in [0.29, 0.717) is 25.3 Å². The predicted molar refractivity (Wildman–Crippen MR) is 150 cm³/mol. The maximum absolute atomic E-state index is 15.3. The Balaban J connectivity index is 2.16. The van der Waals surface area contributed by atoms with Crippen molar-refractivity contribution in [3.05, 3.63) is 121 Å². The molecule has 0 N–H and O–H groups in total. The number of sulfone groups is 1. The number of para-hydroxylation sites is 3. The summed E-state index contributed by atoms with van der Waals surface area (Å²) in [6.45, 7) is 0. The number of halogens is 6. The van der Waals surface area contributed by atoms with Gasteiger partial charge >= 0.3 is 30.9 Å². The topological polar surface area (TPSA) is 100 Å². The molecule has 16 heteroatoms. The van der Waals surface area contributed by atoms with Crippen molar-refractivity contribution in [1.29, 1.82) is 0 Å². The molecule has 0 aliphatic rings. The van der Waals surface area contributed by atoms with Crippen molar-refractivity contribution in [3.8, 4) is 17.2 Å². The number of hydrogen-bond acceptors (Lipinski definition) is 8. The number of alkyl halides is 6. The molecule has 1 atom stereocenters. The van der Waals surface area contributed by atoms with Crippen LogP contribution in [0.2, 0.25) is 0 Å². The van der Waals surface area contributed by atoms with Crippen molar-refractivity contribution in [2.75, 3.05) is 7.11 Å². The Morgan fingerprint density at radius 2 is 1.09 bits per heavy atom. The molecule has 0 amide bonds. The zero-order chi connectivity index (χ0) is 32.9. The summed E-state index contributed by atoms with van der Waals surface area (Å²) < 4.78 is 140. The van der Waals surface area contributed by atoms with Gasteiger partial charge < -0.3 is 18.3 Å². The van der Waals surface area contributed by atoms with Gasteiger partial charge in [-0.15, -0.1) is 0 Å². The van der Waals surface area contributed by atoms with Crippen LogP contribution in [0.5, 0.6) is 17.2 Å². The molecule has 4 rings (SSSR count). The molecule has 8 nitrogen and oxygen atoms in total. The van der Waals surface area contributed by atoms with Crippen molar-refractivity contribution in [2.24, 2.45) is 4.74 Å². The van der Waals surface area contributed by atoms with Crippen molar-refractivity contribution in [2.45, 2.75) is 22.1 Å². The van der Waals surface area contributed by atoms with Crippen LogP contribution < -0.4 is 13.6 Å². The van der Waals surface area contributed by atoms with Crippen molar-refractivity contribution < 1.29 is 57.9 Å². The number of benzene rings is 4. The van der Waals surface area contributed by atoms with E-state index >= 15 is 13.2 Å². The highest BCUT2D eigenvalue weighted by Gasteiger charge is 2.73. The fourth-order valence-electron chi connectivity index (χ4n) is 3.81. The van der Waals surface area contributed by atoms with Gasteiger partial charge in [0.15, 0.2) is 0 Å². The quantitative estimate of drug-likeness (QED) is 0.0953. The van der Waals surface area contributed by atoms with Gasteiger partial charge in [-0.05, 0) is 54.6 Å². The zero-order valence-corrected chi connectivity index (χ0v) is 24.6. The molecule has 0 heterocycles. The first kappa shape index (κ1) is 33.4. The first-order valence-corrected chi connectivity index (χ1v) is 15.6. The Bertz CT molecular complexity index is 1680. The minimum absolute atomic E-state index is 0.0530. The summed E-state index contributed by atoms with van der Waals surface area (Å²) in [7, 11) is -11.1. The Morgan fingerprint density at radius 1 is 0.667 bits per heavy atom. The Hall–Kier alpha value is -4.49. The van der Waals surface area contributed by atoms with Gasteiger partial charge in [-0.25, -0.2) is 13.2 Å². The van der Waals surface area contributed by atoms with E-state index in [2.05, 4.69) is 9.48 Å². The number of methoxy groups -OCH3 is 1. The van der Waals surface area contributed by atoms with E-state index in [1.807, 2.05) is 0 Å². The highest BCUT2D eigenvalue weighted by atomic mass is 32.2. The molecule has 4 aromatic carbocycles. The molecule has 0 aromatic heterocycles. The van der Waals surface area contributed by atoms with Gasteiger partial charge in [0, 0.05) is 0 Å². The molecule has 238 valence electrons. The lowest BCUT2D eigenvalue weighted by Crippen LogP contribution is -2.57. The molecule has 0 aliphatic carbocycles. The van der Waals surface area contributed by atoms with E-state index in [9.17, 15) is 26.4 Å². The van der Waals surface area contributed by atoms with Crippen LogP contribution in [0.3, 0.4) is 0 Å². The van der Waals surface area contributed by atoms with E-state index in [0.717, 1.165) is 0 Å². The van der Waals surface area contributed by atoms with Gasteiger partial charge in [0.2, 0.25) is 9.84 Å². The van der Waals surface area contributed by atoms with Gasteiger partial charge in [-0.2, -0.15) is 31.1 Å². The fourth-order valence-corrected chi connectivity index (χ4v) is 7.97. The number of esters is 1.